The molecule has 0 unspecified atom stereocenters. The van der Waals surface area contributed by atoms with Crippen molar-refractivity contribution < 1.29 is 15.0 Å². The second kappa shape index (κ2) is 5.98. The van der Waals surface area contributed by atoms with Crippen LogP contribution in [0, 0.1) is 5.41 Å². The summed E-state index contributed by atoms with van der Waals surface area (Å²) in [5.74, 6) is -1.75. The van der Waals surface area contributed by atoms with Gasteiger partial charge in [0.05, 0.1) is 0 Å². The van der Waals surface area contributed by atoms with E-state index in [0.717, 1.165) is 12.8 Å². The van der Waals surface area contributed by atoms with Crippen molar-refractivity contribution in [2.75, 3.05) is 18.0 Å². The lowest BCUT2D eigenvalue weighted by Crippen LogP contribution is -2.33. The third-order valence-corrected chi connectivity index (χ3v) is 3.81. The quantitative estimate of drug-likeness (QED) is 0.878. The first-order valence-electron chi connectivity index (χ1n) is 7.53. The molecule has 0 aliphatic carbocycles. The Labute approximate surface area is 129 Å². The first-order chi connectivity index (χ1) is 10.2. The fourth-order valence-electron chi connectivity index (χ4n) is 2.48. The third-order valence-electron chi connectivity index (χ3n) is 3.81. The van der Waals surface area contributed by atoms with Crippen LogP contribution in [0.1, 0.15) is 50.4 Å². The van der Waals surface area contributed by atoms with Crippen LogP contribution in [0.5, 0.6) is 5.75 Å². The Bertz CT molecular complexity index is 625. The van der Waals surface area contributed by atoms with Gasteiger partial charge in [-0.25, -0.2) is 9.48 Å². The molecule has 22 heavy (non-hydrogen) atoms. The van der Waals surface area contributed by atoms with Gasteiger partial charge in [-0.1, -0.05) is 20.8 Å². The number of hydrogen-bond donors (Lipinski definition) is 2. The number of rotatable bonds is 4. The molecule has 0 bridgehead atoms. The Balaban J connectivity index is 2.48. The molecule has 1 aromatic heterocycles. The number of carboxylic acid groups (broad SMARTS) is 1. The van der Waals surface area contributed by atoms with Crippen molar-refractivity contribution in [1.82, 2.24) is 9.78 Å². The van der Waals surface area contributed by atoms with Crippen LogP contribution >= 0.6 is 0 Å². The van der Waals surface area contributed by atoms with Gasteiger partial charge in [0.1, 0.15) is 0 Å². The minimum Gasteiger partial charge on any atom is -0.503 e. The largest absolute Gasteiger partial charge is 0.503 e. The van der Waals surface area contributed by atoms with E-state index in [1.165, 1.54) is 4.68 Å². The van der Waals surface area contributed by atoms with E-state index in [-0.39, 0.29) is 11.2 Å². The predicted octanol–water partition coefficient (Wildman–Crippen LogP) is 1.68. The monoisotopic (exact) mass is 309 g/mol. The molecule has 2 N–H and O–H groups in total. The summed E-state index contributed by atoms with van der Waals surface area (Å²) in [7, 11) is 0. The van der Waals surface area contributed by atoms with Gasteiger partial charge >= 0.3 is 5.97 Å². The van der Waals surface area contributed by atoms with E-state index in [4.69, 9.17) is 0 Å². The van der Waals surface area contributed by atoms with Crippen molar-refractivity contribution in [3.63, 3.8) is 0 Å². The molecule has 7 nitrogen and oxygen atoms in total. The maximum absolute atomic E-state index is 12.3. The van der Waals surface area contributed by atoms with E-state index >= 15 is 0 Å². The molecule has 7 heteroatoms. The molecular formula is C15H23N3O4. The zero-order chi connectivity index (χ0) is 16.5. The zero-order valence-corrected chi connectivity index (χ0v) is 13.3. The van der Waals surface area contributed by atoms with Crippen LogP contribution in [0.2, 0.25) is 0 Å². The predicted molar refractivity (Wildman–Crippen MR) is 82.6 cm³/mol. The van der Waals surface area contributed by atoms with Crippen LogP contribution in [0.3, 0.4) is 0 Å². The highest BCUT2D eigenvalue weighted by atomic mass is 16.4. The van der Waals surface area contributed by atoms with E-state index in [2.05, 4.69) is 5.10 Å². The van der Waals surface area contributed by atoms with Crippen molar-refractivity contribution in [2.45, 2.75) is 46.6 Å². The molecule has 0 amide bonds. The number of aryl methyl sites for hydroxylation is 1. The highest BCUT2D eigenvalue weighted by molar-refractivity contribution is 5.92. The van der Waals surface area contributed by atoms with E-state index < -0.39 is 22.8 Å². The molecule has 0 radical (unpaired) electrons. The van der Waals surface area contributed by atoms with Gasteiger partial charge in [0.25, 0.3) is 5.56 Å². The summed E-state index contributed by atoms with van der Waals surface area (Å²) >= 11 is 0. The van der Waals surface area contributed by atoms with Gasteiger partial charge in [-0.15, -0.1) is 5.10 Å². The second-order valence-corrected chi connectivity index (χ2v) is 6.89. The Morgan fingerprint density at radius 1 is 1.27 bits per heavy atom. The number of aromatic nitrogens is 2. The smallest absolute Gasteiger partial charge is 0.345 e. The van der Waals surface area contributed by atoms with Gasteiger partial charge in [0, 0.05) is 19.6 Å². The minimum atomic E-state index is -1.42. The van der Waals surface area contributed by atoms with E-state index in [0.29, 0.717) is 26.1 Å². The lowest BCUT2D eigenvalue weighted by molar-refractivity contribution is 0.0690. The van der Waals surface area contributed by atoms with Gasteiger partial charge in [-0.2, -0.15) is 0 Å². The van der Waals surface area contributed by atoms with Crippen molar-refractivity contribution in [1.29, 1.82) is 0 Å². The summed E-state index contributed by atoms with van der Waals surface area (Å²) in [6, 6.07) is 0. The standard InChI is InChI=1S/C15H23N3O4/c1-15(2,3)6-9-18-13(20)10(14(21)22)11(19)12(16-18)17-7-4-5-8-17/h19H,4-9H2,1-3H3,(H,21,22). The molecule has 0 aromatic carbocycles. The third kappa shape index (κ3) is 3.40. The second-order valence-electron chi connectivity index (χ2n) is 6.89. The van der Waals surface area contributed by atoms with Crippen molar-refractivity contribution in [3.05, 3.63) is 15.9 Å². The van der Waals surface area contributed by atoms with E-state index in [1.54, 1.807) is 0 Å². The van der Waals surface area contributed by atoms with Gasteiger partial charge < -0.3 is 15.1 Å². The summed E-state index contributed by atoms with van der Waals surface area (Å²) in [4.78, 5) is 25.4. The number of nitrogens with zero attached hydrogens (tertiary/aromatic N) is 3. The van der Waals surface area contributed by atoms with Gasteiger partial charge in [0.15, 0.2) is 17.1 Å². The molecule has 0 spiro atoms. The summed E-state index contributed by atoms with van der Waals surface area (Å²) in [5.41, 5.74) is -1.35. The number of hydrogen-bond acceptors (Lipinski definition) is 5. The lowest BCUT2D eigenvalue weighted by Gasteiger charge is -2.22. The molecular weight excluding hydrogens is 286 g/mol. The van der Waals surface area contributed by atoms with Crippen LogP contribution < -0.4 is 10.5 Å². The Morgan fingerprint density at radius 3 is 2.36 bits per heavy atom. The summed E-state index contributed by atoms with van der Waals surface area (Å²) in [6.45, 7) is 7.85. The van der Waals surface area contributed by atoms with Gasteiger partial charge in [-0.05, 0) is 24.7 Å². The van der Waals surface area contributed by atoms with Crippen molar-refractivity contribution in [3.8, 4) is 5.75 Å². The summed E-state index contributed by atoms with van der Waals surface area (Å²) < 4.78 is 1.17. The Morgan fingerprint density at radius 2 is 1.86 bits per heavy atom. The molecule has 2 rings (SSSR count). The number of carbonyl (C=O) groups is 1. The first kappa shape index (κ1) is 16.3. The normalized spacial score (nSPS) is 15.3. The maximum Gasteiger partial charge on any atom is 0.345 e. The van der Waals surface area contributed by atoms with Crippen LogP contribution in [0.4, 0.5) is 5.82 Å². The van der Waals surface area contributed by atoms with E-state index in [1.807, 2.05) is 25.7 Å². The van der Waals surface area contributed by atoms with Crippen molar-refractivity contribution in [2.24, 2.45) is 5.41 Å². The van der Waals surface area contributed by atoms with Crippen LogP contribution in [-0.4, -0.2) is 39.1 Å². The number of carboxylic acids is 1. The average Bonchev–Trinajstić information content (AvgIpc) is 2.90. The van der Waals surface area contributed by atoms with Crippen LogP contribution in [-0.2, 0) is 6.54 Å². The molecule has 2 heterocycles. The van der Waals surface area contributed by atoms with Crippen LogP contribution in [0.25, 0.3) is 0 Å². The van der Waals surface area contributed by atoms with Crippen molar-refractivity contribution >= 4 is 11.8 Å². The number of anilines is 1. The first-order valence-corrected chi connectivity index (χ1v) is 7.53. The molecule has 1 saturated heterocycles. The molecule has 1 aliphatic rings. The van der Waals surface area contributed by atoms with Gasteiger partial charge in [-0.3, -0.25) is 4.79 Å². The van der Waals surface area contributed by atoms with E-state index in [9.17, 15) is 19.8 Å². The fraction of sp³-hybridized carbons (Fsp3) is 0.667. The topological polar surface area (TPSA) is 95.7 Å². The maximum atomic E-state index is 12.3. The summed E-state index contributed by atoms with van der Waals surface area (Å²) in [5, 5.41) is 23.6. The number of aromatic hydroxyl groups is 1. The zero-order valence-electron chi connectivity index (χ0n) is 13.3. The molecule has 122 valence electrons. The lowest BCUT2D eigenvalue weighted by atomic mass is 9.92. The molecule has 1 aromatic rings. The highest BCUT2D eigenvalue weighted by Crippen LogP contribution is 2.29. The number of aromatic carboxylic acids is 1. The average molecular weight is 309 g/mol. The fourth-order valence-corrected chi connectivity index (χ4v) is 2.48. The molecule has 0 saturated carbocycles. The Hall–Kier alpha value is -2.05. The molecule has 1 fully saturated rings. The Kier molecular flexibility index (Phi) is 4.44. The minimum absolute atomic E-state index is 0.00377. The highest BCUT2D eigenvalue weighted by Gasteiger charge is 2.27. The molecule has 0 atom stereocenters. The van der Waals surface area contributed by atoms with Crippen LogP contribution in [0.15, 0.2) is 4.79 Å². The summed E-state index contributed by atoms with van der Waals surface area (Å²) in [6.07, 6.45) is 2.61. The molecule has 1 aliphatic heterocycles. The van der Waals surface area contributed by atoms with Gasteiger partial charge in [0.2, 0.25) is 0 Å². The SMILES string of the molecule is CC(C)(C)CCn1nc(N2CCCC2)c(O)c(C(=O)O)c1=O.